The van der Waals surface area contributed by atoms with Crippen molar-refractivity contribution in [1.82, 2.24) is 40.4 Å². The third-order valence-electron chi connectivity index (χ3n) is 11.1. The lowest BCUT2D eigenvalue weighted by molar-refractivity contribution is -0.135. The predicted octanol–water partition coefficient (Wildman–Crippen LogP) is 7.50. The highest BCUT2D eigenvalue weighted by atomic mass is 35.5. The highest BCUT2D eigenvalue weighted by molar-refractivity contribution is 6.32. The number of aromatic nitrogens is 4. The molecule has 58 heavy (non-hydrogen) atoms. The summed E-state index contributed by atoms with van der Waals surface area (Å²) in [7, 11) is 2.55. The Morgan fingerprint density at radius 2 is 1.38 bits per heavy atom. The molecule has 7 rings (SSSR count). The molecule has 4 heterocycles. The van der Waals surface area contributed by atoms with Gasteiger partial charge >= 0.3 is 12.2 Å². The van der Waals surface area contributed by atoms with Crippen molar-refractivity contribution in [3.63, 3.8) is 0 Å². The van der Waals surface area contributed by atoms with Crippen molar-refractivity contribution in [2.45, 2.75) is 58.7 Å². The predicted molar refractivity (Wildman–Crippen MR) is 221 cm³/mol. The molecule has 5 aromatic rings. The monoisotopic (exact) mass is 808 g/mol. The van der Waals surface area contributed by atoms with Crippen molar-refractivity contribution in [1.29, 1.82) is 0 Å². The van der Waals surface area contributed by atoms with Gasteiger partial charge in [-0.2, -0.15) is 0 Å². The first kappa shape index (κ1) is 40.3. The summed E-state index contributed by atoms with van der Waals surface area (Å²) in [6, 6.07) is 19.5. The number of hydrogen-bond acceptors (Lipinski definition) is 8. The molecule has 15 heteroatoms. The van der Waals surface area contributed by atoms with Gasteiger partial charge in [-0.1, -0.05) is 87.8 Å². The van der Waals surface area contributed by atoms with Crippen molar-refractivity contribution >= 4 is 46.4 Å². The van der Waals surface area contributed by atoms with E-state index >= 15 is 0 Å². The second-order valence-corrected chi connectivity index (χ2v) is 16.1. The number of benzene rings is 3. The zero-order chi connectivity index (χ0) is 41.2. The van der Waals surface area contributed by atoms with E-state index in [0.29, 0.717) is 47.9 Å². The smallest absolute Gasteiger partial charge is 0.407 e. The number of likely N-dealkylation sites (tertiary alicyclic amines) is 2. The summed E-state index contributed by atoms with van der Waals surface area (Å²) < 4.78 is 9.39. The Bertz CT molecular complexity index is 2320. The van der Waals surface area contributed by atoms with Crippen LogP contribution in [0.4, 0.5) is 9.59 Å². The molecule has 2 fully saturated rings. The van der Waals surface area contributed by atoms with E-state index in [2.05, 4.69) is 98.8 Å². The van der Waals surface area contributed by atoms with Gasteiger partial charge in [0.05, 0.1) is 43.9 Å². The fourth-order valence-electron chi connectivity index (χ4n) is 8.12. The van der Waals surface area contributed by atoms with Gasteiger partial charge in [0, 0.05) is 18.7 Å². The van der Waals surface area contributed by atoms with Crippen LogP contribution in [0.25, 0.3) is 44.4 Å². The Labute approximate surface area is 342 Å². The number of carbonyl (C=O) groups excluding carboxylic acids is 4. The minimum atomic E-state index is -0.736. The molecule has 4 N–H and O–H groups in total. The number of alkyl carbamates (subject to hydrolysis) is 2. The van der Waals surface area contributed by atoms with Crippen LogP contribution >= 0.6 is 11.6 Å². The molecule has 0 bridgehead atoms. The van der Waals surface area contributed by atoms with E-state index in [1.807, 2.05) is 19.9 Å². The van der Waals surface area contributed by atoms with E-state index < -0.39 is 18.2 Å². The van der Waals surface area contributed by atoms with Crippen LogP contribution in [-0.2, 0) is 19.1 Å². The van der Waals surface area contributed by atoms with Crippen molar-refractivity contribution < 1.29 is 28.7 Å². The van der Waals surface area contributed by atoms with Crippen molar-refractivity contribution in [2.24, 2.45) is 17.8 Å². The summed E-state index contributed by atoms with van der Waals surface area (Å²) in [6.07, 6.45) is 1.99. The molecule has 5 atom stereocenters. The van der Waals surface area contributed by atoms with E-state index in [4.69, 9.17) is 21.3 Å². The summed E-state index contributed by atoms with van der Waals surface area (Å²) in [5.41, 5.74) is 5.50. The first-order chi connectivity index (χ1) is 27.8. The van der Waals surface area contributed by atoms with E-state index in [1.165, 1.54) is 14.2 Å². The number of nitrogens with zero attached hydrogens (tertiary/aromatic N) is 4. The fraction of sp³-hybridized carbons (Fsp3) is 0.395. The number of methoxy groups -OCH3 is 2. The van der Waals surface area contributed by atoms with Gasteiger partial charge in [0.25, 0.3) is 0 Å². The van der Waals surface area contributed by atoms with E-state index in [9.17, 15) is 19.2 Å². The zero-order valence-corrected chi connectivity index (χ0v) is 34.2. The van der Waals surface area contributed by atoms with Crippen LogP contribution in [0.3, 0.4) is 0 Å². The number of rotatable bonds is 10. The molecule has 0 saturated carbocycles. The Hall–Kier alpha value is -5.89. The largest absolute Gasteiger partial charge is 0.453 e. The fourth-order valence-corrected chi connectivity index (χ4v) is 8.37. The normalized spacial score (nSPS) is 19.7. The summed E-state index contributed by atoms with van der Waals surface area (Å²) in [5.74, 6) is 1.34. The van der Waals surface area contributed by atoms with E-state index in [-0.39, 0.29) is 42.3 Å². The Morgan fingerprint density at radius 1 is 0.793 bits per heavy atom. The van der Waals surface area contributed by atoms with Gasteiger partial charge in [0.15, 0.2) is 5.15 Å². The lowest BCUT2D eigenvalue weighted by Gasteiger charge is -2.30. The van der Waals surface area contributed by atoms with E-state index in [1.54, 1.807) is 16.0 Å². The van der Waals surface area contributed by atoms with Gasteiger partial charge in [0.1, 0.15) is 24.2 Å². The van der Waals surface area contributed by atoms with Gasteiger partial charge in [-0.15, -0.1) is 0 Å². The van der Waals surface area contributed by atoms with Crippen LogP contribution in [0.2, 0.25) is 5.15 Å². The standard InChI is InChI=1S/C43H49ClN8O6/c1-23(2)36(49-43(56)58-6)41(54)52-22-25(4)16-34(52)40-48-37(38(44)50-40)31-14-13-29-17-28(11-12-30(29)18-31)26-7-9-27(10-8-26)32-19-45-39(47-32)33-15-24(3)21-51(33)35(53)20-46-42(55)57-5/h7-14,17-19,23-25,33-34,36H,15-16,20-22H2,1-6H3,(H,45,47)(H,46,55)(H,48,50)(H,49,56)/t24-,25-,33-,34-,36-/m0/s1. The number of halogens is 1. The molecule has 2 saturated heterocycles. The summed E-state index contributed by atoms with van der Waals surface area (Å²) in [6.45, 7) is 8.96. The van der Waals surface area contributed by atoms with Crippen LogP contribution in [0.1, 0.15) is 64.3 Å². The first-order valence-corrected chi connectivity index (χ1v) is 19.9. The van der Waals surface area contributed by atoms with Crippen LogP contribution in [-0.4, -0.2) is 93.6 Å². The third kappa shape index (κ3) is 8.38. The van der Waals surface area contributed by atoms with Crippen LogP contribution < -0.4 is 10.6 Å². The minimum Gasteiger partial charge on any atom is -0.453 e. The van der Waals surface area contributed by atoms with Gasteiger partial charge in [-0.05, 0) is 70.2 Å². The number of carbonyl (C=O) groups is 4. The highest BCUT2D eigenvalue weighted by Gasteiger charge is 2.41. The topological polar surface area (TPSA) is 175 Å². The van der Waals surface area contributed by atoms with Gasteiger partial charge in [0.2, 0.25) is 11.8 Å². The average molecular weight is 809 g/mol. The number of nitrogens with one attached hydrogen (secondary N) is 4. The molecule has 2 aliphatic rings. The lowest BCUT2D eigenvalue weighted by Crippen LogP contribution is -2.51. The number of fused-ring (bicyclic) bond motifs is 1. The van der Waals surface area contributed by atoms with Crippen molar-refractivity contribution in [3.05, 3.63) is 83.7 Å². The molecule has 14 nitrogen and oxygen atoms in total. The zero-order valence-electron chi connectivity index (χ0n) is 33.5. The van der Waals surface area contributed by atoms with Crippen LogP contribution in [0, 0.1) is 17.8 Å². The van der Waals surface area contributed by atoms with Gasteiger partial charge < -0.3 is 39.9 Å². The molecule has 2 aromatic heterocycles. The summed E-state index contributed by atoms with van der Waals surface area (Å²) in [4.78, 5) is 70.0. The van der Waals surface area contributed by atoms with Crippen LogP contribution in [0.15, 0.2) is 66.9 Å². The number of ether oxygens (including phenoxy) is 2. The van der Waals surface area contributed by atoms with Gasteiger partial charge in [-0.3, -0.25) is 9.59 Å². The SMILES string of the molecule is COC(=O)NCC(=O)N1C[C@@H](C)C[C@H]1c1ncc(-c2ccc(-c3ccc4cc(-c5[nH]c([C@@H]6C[C@H](C)CN6C(=O)[C@@H](NC(=O)OC)C(C)C)nc5Cl)ccc4c3)cc2)[nH]1. The summed E-state index contributed by atoms with van der Waals surface area (Å²) >= 11 is 6.76. The molecule has 0 spiro atoms. The second-order valence-electron chi connectivity index (χ2n) is 15.8. The third-order valence-corrected chi connectivity index (χ3v) is 11.4. The van der Waals surface area contributed by atoms with Crippen molar-refractivity contribution in [2.75, 3.05) is 33.9 Å². The maximum absolute atomic E-state index is 13.8. The molecule has 3 aromatic carbocycles. The summed E-state index contributed by atoms with van der Waals surface area (Å²) in [5, 5.41) is 7.60. The molecule has 2 aliphatic heterocycles. The maximum atomic E-state index is 13.8. The number of H-pyrrole nitrogens is 2. The quantitative estimate of drug-likeness (QED) is 0.112. The maximum Gasteiger partial charge on any atom is 0.407 e. The molecule has 0 radical (unpaired) electrons. The molecule has 4 amide bonds. The lowest BCUT2D eigenvalue weighted by atomic mass is 9.98. The second kappa shape index (κ2) is 16.9. The minimum absolute atomic E-state index is 0.136. The number of amides is 4. The highest BCUT2D eigenvalue weighted by Crippen LogP contribution is 2.39. The van der Waals surface area contributed by atoms with Crippen molar-refractivity contribution in [3.8, 4) is 33.6 Å². The molecular weight excluding hydrogens is 760 g/mol. The molecule has 0 aliphatic carbocycles. The number of imidazole rings is 2. The molecule has 0 unspecified atom stereocenters. The average Bonchev–Trinajstić information content (AvgIpc) is 4.04. The van der Waals surface area contributed by atoms with Gasteiger partial charge in [-0.25, -0.2) is 19.6 Å². The number of aromatic amines is 2. The first-order valence-electron chi connectivity index (χ1n) is 19.5. The molecular formula is C43H49ClN8O6. The Balaban J connectivity index is 1.05. The van der Waals surface area contributed by atoms with Crippen LogP contribution in [0.5, 0.6) is 0 Å². The Morgan fingerprint density at radius 3 is 2.03 bits per heavy atom. The Kier molecular flexibility index (Phi) is 11.8. The molecule has 304 valence electrons. The number of hydrogen-bond donors (Lipinski definition) is 4. The van der Waals surface area contributed by atoms with E-state index in [0.717, 1.165) is 45.1 Å².